The van der Waals surface area contributed by atoms with E-state index in [0.29, 0.717) is 0 Å². The second-order valence-electron chi connectivity index (χ2n) is 0. The first-order chi connectivity index (χ1) is 0. The molecule has 0 aromatic carbocycles. The van der Waals surface area contributed by atoms with Crippen LogP contribution in [0.25, 0.3) is 0 Å². The van der Waals surface area contributed by atoms with Gasteiger partial charge in [0.1, 0.15) is 0 Å². The number of halogens is 4. The summed E-state index contributed by atoms with van der Waals surface area (Å²) in [5.41, 5.74) is 0. The van der Waals surface area contributed by atoms with E-state index >= 15 is 0 Å². The summed E-state index contributed by atoms with van der Waals surface area (Å²) in [6.45, 7) is 0. The van der Waals surface area contributed by atoms with E-state index in [9.17, 15) is 0 Å². The minimum atomic E-state index is 0. The maximum Gasteiger partial charge on any atom is 1.00 e. The van der Waals surface area contributed by atoms with Crippen LogP contribution < -0.4 is 18.9 Å². The van der Waals surface area contributed by atoms with Gasteiger partial charge in [-0.3, -0.25) is 18.8 Å². The van der Waals surface area contributed by atoms with E-state index in [4.69, 9.17) is 0 Å². The average molecular weight is 177 g/mol. The Bertz CT molecular complexity index is 11.7. The van der Waals surface area contributed by atoms with Crippen LogP contribution in [0, 0.1) is 0 Å². The molecule has 0 N–H and O–H groups in total. The van der Waals surface area contributed by atoms with Crippen LogP contribution in [-0.2, 0) is 32.7 Å². The average Bonchev–Trinajstić information content (AvgIpc) is 0. The van der Waals surface area contributed by atoms with Crippen molar-refractivity contribution in [3.63, 3.8) is 0 Å². The second-order valence-corrected chi connectivity index (χ2v) is 0. The van der Waals surface area contributed by atoms with Gasteiger partial charge in [0.25, 0.3) is 0 Å². The smallest absolute Gasteiger partial charge is 1.00 e. The van der Waals surface area contributed by atoms with Crippen LogP contribution in [-0.4, -0.2) is 0 Å². The van der Waals surface area contributed by atoms with Crippen LogP contribution >= 0.6 is 0 Å². The van der Waals surface area contributed by atoms with Crippen LogP contribution in [0.4, 0.5) is 18.8 Å². The fourth-order valence-corrected chi connectivity index (χ4v) is 0. The Labute approximate surface area is 71.4 Å². The fourth-order valence-electron chi connectivity index (χ4n) is 0. The molecule has 0 heterocycles. The number of hydrogen-bond acceptors (Lipinski definition) is 0. The first-order valence-corrected chi connectivity index (χ1v) is 0. The van der Waals surface area contributed by atoms with Crippen molar-refractivity contribution in [3.05, 3.63) is 0 Å². The molecule has 0 saturated heterocycles. The van der Waals surface area contributed by atoms with Gasteiger partial charge in [-0.2, -0.15) is 0 Å². The van der Waals surface area contributed by atoms with Crippen LogP contribution in [0.5, 0.6) is 0 Å². The largest absolute Gasteiger partial charge is 1.00 e. The van der Waals surface area contributed by atoms with Gasteiger partial charge in [-0.05, 0) is 0 Å². The summed E-state index contributed by atoms with van der Waals surface area (Å²) < 4.78 is 0. The summed E-state index contributed by atoms with van der Waals surface area (Å²) in [7, 11) is 0. The van der Waals surface area contributed by atoms with E-state index in [0.717, 1.165) is 0 Å². The van der Waals surface area contributed by atoms with Gasteiger partial charge in [0, 0.05) is 32.7 Å². The summed E-state index contributed by atoms with van der Waals surface area (Å²) in [4.78, 5) is 0. The van der Waals surface area contributed by atoms with Crippen molar-refractivity contribution in [3.8, 4) is 0 Å². The molecular weight excluding hydrogens is 172 g/mol. The molecule has 0 nitrogen and oxygen atoms in total. The zero-order valence-corrected chi connectivity index (χ0v) is 6.05. The third-order valence-electron chi connectivity index (χ3n) is 0. The van der Waals surface area contributed by atoms with E-state index in [2.05, 4.69) is 0 Å². The maximum atomic E-state index is 0. The van der Waals surface area contributed by atoms with Gasteiger partial charge in [0.05, 0.1) is 0 Å². The zero-order valence-electron chi connectivity index (χ0n) is 4.21. The van der Waals surface area contributed by atoms with Crippen molar-refractivity contribution in [2.24, 2.45) is 0 Å². The molecule has 0 rings (SSSR count). The van der Waals surface area contributed by atoms with Crippen LogP contribution in [0.1, 0.15) is 1.43 Å². The molecule has 0 fully saturated rings. The Morgan fingerprint density at radius 2 is 0.667 bits per heavy atom. The predicted molar refractivity (Wildman–Crippen MR) is 11.1 cm³/mol. The first kappa shape index (κ1) is 151. The molecule has 0 unspecified atom stereocenters. The molecule has 0 aliphatic carbocycles. The molecule has 0 amide bonds. The summed E-state index contributed by atoms with van der Waals surface area (Å²) in [5, 5.41) is 0. The van der Waals surface area contributed by atoms with Crippen LogP contribution in [0.15, 0.2) is 0 Å². The van der Waals surface area contributed by atoms with Crippen molar-refractivity contribution >= 4 is 0 Å². The van der Waals surface area contributed by atoms with Crippen molar-refractivity contribution in [1.29, 1.82) is 0 Å². The van der Waals surface area contributed by atoms with E-state index in [1.165, 1.54) is 0 Å². The summed E-state index contributed by atoms with van der Waals surface area (Å²) in [6, 6.07) is 0. The standard InChI is InChI=1S/4FH.Li.Y.H/h4*1H;;;/q;;;;+1;;-1. The van der Waals surface area contributed by atoms with E-state index in [1.54, 1.807) is 0 Å². The van der Waals surface area contributed by atoms with Gasteiger partial charge in [-0.15, -0.1) is 0 Å². The molecule has 6 heteroatoms. The molecule has 0 bridgehead atoms. The Balaban J connectivity index is 0. The monoisotopic (exact) mass is 177 g/mol. The van der Waals surface area contributed by atoms with Crippen LogP contribution in [0.3, 0.4) is 0 Å². The molecular formula is H5F4LiY. The zero-order chi connectivity index (χ0) is 0. The first-order valence-electron chi connectivity index (χ1n) is 0. The molecule has 0 saturated carbocycles. The maximum absolute atomic E-state index is 0. The Kier molecular flexibility index (Phi) is 2360. The topological polar surface area (TPSA) is 0 Å². The van der Waals surface area contributed by atoms with E-state index in [-0.39, 0.29) is 71.8 Å². The molecule has 0 atom stereocenters. The summed E-state index contributed by atoms with van der Waals surface area (Å²) in [5.74, 6) is 0. The van der Waals surface area contributed by atoms with Gasteiger partial charge in [0.2, 0.25) is 0 Å². The minimum absolute atomic E-state index is 0. The van der Waals surface area contributed by atoms with Crippen molar-refractivity contribution in [2.75, 3.05) is 0 Å². The van der Waals surface area contributed by atoms with Gasteiger partial charge in [0.15, 0.2) is 0 Å². The molecule has 0 spiro atoms. The van der Waals surface area contributed by atoms with Gasteiger partial charge in [-0.1, -0.05) is 0 Å². The third kappa shape index (κ3) is 52.5. The predicted octanol–water partition coefficient (Wildman–Crippen LogP) is -2.28. The molecule has 1 radical (unpaired) electrons. The van der Waals surface area contributed by atoms with Crippen LogP contribution in [0.2, 0.25) is 0 Å². The minimum Gasteiger partial charge on any atom is -1.00 e. The van der Waals surface area contributed by atoms with Crippen molar-refractivity contribution < 1.29 is 71.8 Å². The number of rotatable bonds is 0. The van der Waals surface area contributed by atoms with Gasteiger partial charge < -0.3 is 1.43 Å². The SMILES string of the molecule is F.F.F.F.[H-].[Li+].[Y]. The van der Waals surface area contributed by atoms with E-state index < -0.39 is 0 Å². The summed E-state index contributed by atoms with van der Waals surface area (Å²) in [6.07, 6.45) is 0. The molecule has 0 aromatic heterocycles. The Hall–Kier alpha value is 1.42. The fraction of sp³-hybridized carbons (Fsp3) is 0. The number of hydrogen-bond donors (Lipinski definition) is 0. The van der Waals surface area contributed by atoms with Crippen molar-refractivity contribution in [2.45, 2.75) is 0 Å². The summed E-state index contributed by atoms with van der Waals surface area (Å²) >= 11 is 0. The van der Waals surface area contributed by atoms with Gasteiger partial charge in [-0.25, -0.2) is 0 Å². The second kappa shape index (κ2) is 93.4. The van der Waals surface area contributed by atoms with E-state index in [1.807, 2.05) is 0 Å². The quantitative estimate of drug-likeness (QED) is 0.289. The molecule has 0 aliphatic rings. The molecule has 37 valence electrons. The van der Waals surface area contributed by atoms with Crippen molar-refractivity contribution in [1.82, 2.24) is 0 Å². The third-order valence-corrected chi connectivity index (χ3v) is 0. The Morgan fingerprint density at radius 1 is 0.667 bits per heavy atom. The normalized spacial score (nSPS) is 0. The molecule has 0 aromatic rings. The molecule has 0 aliphatic heterocycles. The Morgan fingerprint density at radius 3 is 0.667 bits per heavy atom. The van der Waals surface area contributed by atoms with Gasteiger partial charge >= 0.3 is 18.9 Å². The molecule has 6 heavy (non-hydrogen) atoms.